The molecule has 0 aliphatic carbocycles. The van der Waals surface area contributed by atoms with E-state index in [2.05, 4.69) is 20.3 Å². The molecule has 0 aromatic rings. The van der Waals surface area contributed by atoms with Gasteiger partial charge in [0.2, 0.25) is 0 Å². The van der Waals surface area contributed by atoms with E-state index >= 15 is 0 Å². The summed E-state index contributed by atoms with van der Waals surface area (Å²) in [4.78, 5) is 0. The Labute approximate surface area is 161 Å². The quantitative estimate of drug-likeness (QED) is 0.170. The van der Waals surface area contributed by atoms with Gasteiger partial charge in [0.05, 0.1) is 0 Å². The van der Waals surface area contributed by atoms with Crippen LogP contribution in [0.15, 0.2) is 0 Å². The van der Waals surface area contributed by atoms with Crippen molar-refractivity contribution in [2.24, 2.45) is 0 Å². The molecule has 25 heavy (non-hydrogen) atoms. The van der Waals surface area contributed by atoms with Gasteiger partial charge in [-0.05, 0) is 6.42 Å². The Morgan fingerprint density at radius 2 is 0.760 bits per heavy atom. The fourth-order valence-electron chi connectivity index (χ4n) is 3.66. The van der Waals surface area contributed by atoms with Gasteiger partial charge in [-0.2, -0.15) is 0 Å². The molecule has 2 radical (unpaired) electrons. The van der Waals surface area contributed by atoms with Crippen LogP contribution in [-0.2, 0) is 0 Å². The Hall–Kier alpha value is 0. The largest absolute Gasteiger partial charge is 0.0654 e. The molecule has 0 atom stereocenters. The average Bonchev–Trinajstić information content (AvgIpc) is 2.63. The minimum absolute atomic E-state index is 1.07. The third-order valence-corrected chi connectivity index (χ3v) is 5.42. The van der Waals surface area contributed by atoms with Crippen molar-refractivity contribution in [3.8, 4) is 0 Å². The summed E-state index contributed by atoms with van der Waals surface area (Å²) in [5.41, 5.74) is 0. The summed E-state index contributed by atoms with van der Waals surface area (Å²) in [5.74, 6) is 0. The third-order valence-electron chi connectivity index (χ3n) is 5.42. The normalized spacial score (nSPS) is 11.3. The van der Waals surface area contributed by atoms with Gasteiger partial charge in [-0.25, -0.2) is 0 Å². The molecule has 0 heteroatoms. The lowest BCUT2D eigenvalue weighted by atomic mass is 10.0. The first-order valence-electron chi connectivity index (χ1n) is 12.0. The van der Waals surface area contributed by atoms with Crippen molar-refractivity contribution in [1.29, 1.82) is 0 Å². The van der Waals surface area contributed by atoms with Gasteiger partial charge in [0, 0.05) is 0 Å². The molecule has 0 fully saturated rings. The second-order valence-electron chi connectivity index (χ2n) is 8.08. The molecule has 0 rings (SSSR count). The molecule has 0 aliphatic heterocycles. The van der Waals surface area contributed by atoms with Crippen LogP contribution < -0.4 is 0 Å². The van der Waals surface area contributed by atoms with Crippen LogP contribution in [0.2, 0.25) is 0 Å². The maximum atomic E-state index is 3.88. The summed E-state index contributed by atoms with van der Waals surface area (Å²) in [6.07, 6.45) is 33.8. The zero-order valence-corrected chi connectivity index (χ0v) is 17.8. The van der Waals surface area contributed by atoms with Gasteiger partial charge in [-0.3, -0.25) is 0 Å². The maximum absolute atomic E-state index is 3.88. The van der Waals surface area contributed by atoms with Crippen molar-refractivity contribution in [2.45, 2.75) is 148 Å². The van der Waals surface area contributed by atoms with Crippen LogP contribution in [0.5, 0.6) is 0 Å². The van der Waals surface area contributed by atoms with E-state index in [9.17, 15) is 0 Å². The molecule has 150 valence electrons. The van der Waals surface area contributed by atoms with E-state index in [4.69, 9.17) is 0 Å². The monoisotopic (exact) mass is 350 g/mol. The highest BCUT2D eigenvalue weighted by Gasteiger charge is 1.95. The SMILES string of the molecule is [CH2]CC[CH]CCCCCCCCCCCCCCCCCCCCC. The van der Waals surface area contributed by atoms with E-state index in [1.165, 1.54) is 135 Å². The fraction of sp³-hybridized carbons (Fsp3) is 0.920. The Morgan fingerprint density at radius 3 is 1.08 bits per heavy atom. The van der Waals surface area contributed by atoms with Crippen molar-refractivity contribution in [3.05, 3.63) is 13.3 Å². The van der Waals surface area contributed by atoms with Crippen LogP contribution in [0.1, 0.15) is 148 Å². The lowest BCUT2D eigenvalue weighted by molar-refractivity contribution is 0.523. The summed E-state index contributed by atoms with van der Waals surface area (Å²) in [6.45, 7) is 6.18. The van der Waals surface area contributed by atoms with Crippen LogP contribution in [0.25, 0.3) is 0 Å². The van der Waals surface area contributed by atoms with Gasteiger partial charge >= 0.3 is 0 Å². The van der Waals surface area contributed by atoms with Crippen LogP contribution in [0.3, 0.4) is 0 Å². The summed E-state index contributed by atoms with van der Waals surface area (Å²) >= 11 is 0. The standard InChI is InChI=1S/C25H50/c1-3-5-7-9-11-13-15-17-19-21-23-25-24-22-20-18-16-14-12-10-8-6-4-2/h7H,1,3-6,8-25H2,2H3. The fourth-order valence-corrected chi connectivity index (χ4v) is 3.66. The molecular weight excluding hydrogens is 300 g/mol. The Bertz CT molecular complexity index is 186. The number of unbranched alkanes of at least 4 members (excludes halogenated alkanes) is 22. The minimum atomic E-state index is 1.07. The van der Waals surface area contributed by atoms with Gasteiger partial charge in [0.1, 0.15) is 0 Å². The number of hydrogen-bond acceptors (Lipinski definition) is 0. The van der Waals surface area contributed by atoms with Crippen LogP contribution in [-0.4, -0.2) is 0 Å². The molecule has 0 saturated heterocycles. The van der Waals surface area contributed by atoms with E-state index in [0.717, 1.165) is 6.42 Å². The molecule has 0 bridgehead atoms. The predicted octanol–water partition coefficient (Wildman–Crippen LogP) is 9.63. The molecular formula is C25H50. The van der Waals surface area contributed by atoms with Crippen molar-refractivity contribution >= 4 is 0 Å². The summed E-state index contributed by atoms with van der Waals surface area (Å²) in [6, 6.07) is 0. The van der Waals surface area contributed by atoms with E-state index in [-0.39, 0.29) is 0 Å². The van der Waals surface area contributed by atoms with E-state index in [1.807, 2.05) is 0 Å². The number of rotatable bonds is 22. The highest BCUT2D eigenvalue weighted by molar-refractivity contribution is 4.64. The first-order chi connectivity index (χ1) is 12.4. The topological polar surface area (TPSA) is 0 Å². The van der Waals surface area contributed by atoms with Gasteiger partial charge in [-0.15, -0.1) is 0 Å². The van der Waals surface area contributed by atoms with Crippen LogP contribution in [0.4, 0.5) is 0 Å². The van der Waals surface area contributed by atoms with Gasteiger partial charge < -0.3 is 0 Å². The Balaban J connectivity index is 2.94. The average molecular weight is 351 g/mol. The van der Waals surface area contributed by atoms with Crippen molar-refractivity contribution in [3.63, 3.8) is 0 Å². The highest BCUT2D eigenvalue weighted by Crippen LogP contribution is 2.15. The van der Waals surface area contributed by atoms with Crippen molar-refractivity contribution < 1.29 is 0 Å². The van der Waals surface area contributed by atoms with Gasteiger partial charge in [-0.1, -0.05) is 155 Å². The van der Waals surface area contributed by atoms with E-state index < -0.39 is 0 Å². The molecule has 0 heterocycles. The van der Waals surface area contributed by atoms with Crippen LogP contribution >= 0.6 is 0 Å². The van der Waals surface area contributed by atoms with E-state index in [0.29, 0.717) is 0 Å². The maximum Gasteiger partial charge on any atom is -0.0386 e. The highest BCUT2D eigenvalue weighted by atomic mass is 14.0. The van der Waals surface area contributed by atoms with Crippen molar-refractivity contribution in [2.75, 3.05) is 0 Å². The Kier molecular flexibility index (Phi) is 24.0. The second kappa shape index (κ2) is 24.0. The first kappa shape index (κ1) is 25.0. The van der Waals surface area contributed by atoms with Crippen LogP contribution in [0, 0.1) is 13.3 Å². The van der Waals surface area contributed by atoms with Gasteiger partial charge in [0.25, 0.3) is 0 Å². The van der Waals surface area contributed by atoms with Crippen molar-refractivity contribution in [1.82, 2.24) is 0 Å². The molecule has 0 N–H and O–H groups in total. The molecule has 0 unspecified atom stereocenters. The second-order valence-corrected chi connectivity index (χ2v) is 8.08. The summed E-state index contributed by atoms with van der Waals surface area (Å²) in [7, 11) is 0. The molecule has 0 amide bonds. The smallest absolute Gasteiger partial charge is 0.0386 e. The lowest BCUT2D eigenvalue weighted by Crippen LogP contribution is -1.84. The zero-order valence-electron chi connectivity index (χ0n) is 17.8. The third kappa shape index (κ3) is 24.0. The molecule has 0 aromatic heterocycles. The number of hydrogen-bond donors (Lipinski definition) is 0. The first-order valence-corrected chi connectivity index (χ1v) is 12.0. The molecule has 0 nitrogen and oxygen atoms in total. The molecule has 0 saturated carbocycles. The lowest BCUT2D eigenvalue weighted by Gasteiger charge is -2.04. The molecule has 0 aliphatic rings. The van der Waals surface area contributed by atoms with E-state index in [1.54, 1.807) is 0 Å². The molecule has 0 aromatic carbocycles. The summed E-state index contributed by atoms with van der Waals surface area (Å²) in [5, 5.41) is 0. The molecule has 0 spiro atoms. The Morgan fingerprint density at radius 1 is 0.440 bits per heavy atom. The minimum Gasteiger partial charge on any atom is -0.0654 e. The van der Waals surface area contributed by atoms with Gasteiger partial charge in [0.15, 0.2) is 0 Å². The zero-order chi connectivity index (χ0) is 18.3. The summed E-state index contributed by atoms with van der Waals surface area (Å²) < 4.78 is 0. The predicted molar refractivity (Wildman–Crippen MR) is 117 cm³/mol.